The van der Waals surface area contributed by atoms with Crippen LogP contribution in [-0.2, 0) is 0 Å². The first-order valence-corrected chi connectivity index (χ1v) is 6.60. The summed E-state index contributed by atoms with van der Waals surface area (Å²) in [5, 5.41) is 8.80. The van der Waals surface area contributed by atoms with E-state index in [2.05, 4.69) is 11.8 Å². The highest BCUT2D eigenvalue weighted by Gasteiger charge is 2.08. The number of nitrogens with zero attached hydrogens (tertiary/aromatic N) is 1. The number of Topliss-reactive ketones (excluding diaryl/α,β-unsaturated/α-hetero) is 1. The van der Waals surface area contributed by atoms with Crippen molar-refractivity contribution in [3.63, 3.8) is 0 Å². The normalized spacial score (nSPS) is 10.9. The fourth-order valence-electron chi connectivity index (χ4n) is 1.94. The molecule has 0 amide bonds. The fourth-order valence-corrected chi connectivity index (χ4v) is 1.94. The van der Waals surface area contributed by atoms with Crippen LogP contribution in [0.4, 0.5) is 0 Å². The van der Waals surface area contributed by atoms with Crippen molar-refractivity contribution in [1.82, 2.24) is 4.90 Å². The molecule has 0 aliphatic rings. The van der Waals surface area contributed by atoms with Gasteiger partial charge in [-0.05, 0) is 26.0 Å². The molecule has 1 aromatic rings. The van der Waals surface area contributed by atoms with Crippen LogP contribution in [0.3, 0.4) is 0 Å². The first kappa shape index (κ1) is 14.9. The van der Waals surface area contributed by atoms with Gasteiger partial charge in [0.25, 0.3) is 0 Å². The van der Waals surface area contributed by atoms with Crippen LogP contribution in [0.25, 0.3) is 0 Å². The largest absolute Gasteiger partial charge is 0.396 e. The molecule has 18 heavy (non-hydrogen) atoms. The van der Waals surface area contributed by atoms with Gasteiger partial charge < -0.3 is 10.0 Å². The number of hydrogen-bond donors (Lipinski definition) is 1. The Hall–Kier alpha value is -1.19. The van der Waals surface area contributed by atoms with Gasteiger partial charge in [-0.2, -0.15) is 0 Å². The molecule has 100 valence electrons. The van der Waals surface area contributed by atoms with Crippen molar-refractivity contribution < 1.29 is 9.90 Å². The molecule has 1 N–H and O–H groups in total. The molecule has 0 aliphatic heterocycles. The second-order valence-corrected chi connectivity index (χ2v) is 4.55. The predicted molar refractivity (Wildman–Crippen MR) is 73.9 cm³/mol. The Labute approximate surface area is 109 Å². The van der Waals surface area contributed by atoms with E-state index in [4.69, 9.17) is 5.11 Å². The monoisotopic (exact) mass is 249 g/mol. The van der Waals surface area contributed by atoms with Crippen LogP contribution in [0.2, 0.25) is 0 Å². The summed E-state index contributed by atoms with van der Waals surface area (Å²) < 4.78 is 0. The van der Waals surface area contributed by atoms with Gasteiger partial charge in [0.1, 0.15) is 0 Å². The molecule has 0 bridgehead atoms. The van der Waals surface area contributed by atoms with Crippen LogP contribution < -0.4 is 0 Å². The van der Waals surface area contributed by atoms with Gasteiger partial charge in [0.2, 0.25) is 0 Å². The quantitative estimate of drug-likeness (QED) is 0.719. The van der Waals surface area contributed by atoms with Gasteiger partial charge in [0, 0.05) is 31.7 Å². The van der Waals surface area contributed by atoms with Gasteiger partial charge in [-0.15, -0.1) is 0 Å². The van der Waals surface area contributed by atoms with E-state index in [9.17, 15) is 4.79 Å². The highest BCUT2D eigenvalue weighted by atomic mass is 16.3. The molecule has 0 saturated heterocycles. The summed E-state index contributed by atoms with van der Waals surface area (Å²) in [6.45, 7) is 6.83. The summed E-state index contributed by atoms with van der Waals surface area (Å²) in [6.07, 6.45) is 1.31. The molecule has 3 heteroatoms. The molecule has 0 aliphatic carbocycles. The van der Waals surface area contributed by atoms with Crippen LogP contribution in [-0.4, -0.2) is 42.0 Å². The van der Waals surface area contributed by atoms with E-state index in [-0.39, 0.29) is 12.4 Å². The van der Waals surface area contributed by atoms with Crippen LogP contribution in [0, 0.1) is 6.92 Å². The maximum atomic E-state index is 12.0. The standard InChI is InChI=1S/C15H23NO2/c1-3-16(9-5-11-17)10-8-15(18)14-7-4-6-13(2)12-14/h4,6-7,12,17H,3,5,8-11H2,1-2H3. The third-order valence-electron chi connectivity index (χ3n) is 3.07. The average molecular weight is 249 g/mol. The van der Waals surface area contributed by atoms with Crippen LogP contribution in [0.15, 0.2) is 24.3 Å². The van der Waals surface area contributed by atoms with E-state index in [1.807, 2.05) is 31.2 Å². The van der Waals surface area contributed by atoms with Gasteiger partial charge in [0.05, 0.1) is 0 Å². The minimum Gasteiger partial charge on any atom is -0.396 e. The molecular weight excluding hydrogens is 226 g/mol. The highest BCUT2D eigenvalue weighted by Crippen LogP contribution is 2.07. The summed E-state index contributed by atoms with van der Waals surface area (Å²) in [4.78, 5) is 14.2. The van der Waals surface area contributed by atoms with Crippen LogP contribution >= 0.6 is 0 Å². The van der Waals surface area contributed by atoms with Crippen molar-refractivity contribution in [2.45, 2.75) is 26.7 Å². The average Bonchev–Trinajstić information content (AvgIpc) is 2.38. The lowest BCUT2D eigenvalue weighted by atomic mass is 10.1. The predicted octanol–water partition coefficient (Wildman–Crippen LogP) is 2.27. The molecule has 1 aromatic carbocycles. The molecule has 3 nitrogen and oxygen atoms in total. The number of aryl methyl sites for hydroxylation is 1. The van der Waals surface area contributed by atoms with Crippen LogP contribution in [0.1, 0.15) is 35.7 Å². The number of carbonyl (C=O) groups is 1. The number of rotatable bonds is 8. The van der Waals surface area contributed by atoms with Crippen molar-refractivity contribution in [2.24, 2.45) is 0 Å². The molecule has 0 saturated carbocycles. The summed E-state index contributed by atoms with van der Waals surface area (Å²) in [6, 6.07) is 7.73. The third-order valence-corrected chi connectivity index (χ3v) is 3.07. The Bertz CT molecular complexity index is 377. The first-order valence-electron chi connectivity index (χ1n) is 6.60. The smallest absolute Gasteiger partial charge is 0.164 e. The van der Waals surface area contributed by atoms with Crippen molar-refractivity contribution in [1.29, 1.82) is 0 Å². The number of aliphatic hydroxyl groups is 1. The number of carbonyl (C=O) groups excluding carboxylic acids is 1. The molecule has 0 radical (unpaired) electrons. The Morgan fingerprint density at radius 3 is 2.72 bits per heavy atom. The molecular formula is C15H23NO2. The summed E-state index contributed by atoms with van der Waals surface area (Å²) in [7, 11) is 0. The molecule has 0 fully saturated rings. The van der Waals surface area contributed by atoms with E-state index in [1.54, 1.807) is 0 Å². The van der Waals surface area contributed by atoms with Gasteiger partial charge in [-0.1, -0.05) is 30.7 Å². The Kier molecular flexibility index (Phi) is 6.61. The van der Waals surface area contributed by atoms with Crippen LogP contribution in [0.5, 0.6) is 0 Å². The number of ketones is 1. The van der Waals surface area contributed by atoms with Gasteiger partial charge in [0.15, 0.2) is 5.78 Å². The maximum absolute atomic E-state index is 12.0. The second-order valence-electron chi connectivity index (χ2n) is 4.55. The molecule has 0 aromatic heterocycles. The topological polar surface area (TPSA) is 40.5 Å². The summed E-state index contributed by atoms with van der Waals surface area (Å²) in [5.41, 5.74) is 1.92. The van der Waals surface area contributed by atoms with E-state index in [0.29, 0.717) is 6.42 Å². The lowest BCUT2D eigenvalue weighted by molar-refractivity contribution is 0.0963. The van der Waals surface area contributed by atoms with Gasteiger partial charge >= 0.3 is 0 Å². The SMILES string of the molecule is CCN(CCCO)CCC(=O)c1cccc(C)c1. The molecule has 0 atom stereocenters. The molecule has 1 rings (SSSR count). The summed E-state index contributed by atoms with van der Waals surface area (Å²) >= 11 is 0. The minimum absolute atomic E-state index is 0.196. The Morgan fingerprint density at radius 1 is 1.33 bits per heavy atom. The highest BCUT2D eigenvalue weighted by molar-refractivity contribution is 5.96. The van der Waals surface area contributed by atoms with Crippen molar-refractivity contribution >= 4 is 5.78 Å². The van der Waals surface area contributed by atoms with E-state index in [0.717, 1.165) is 37.2 Å². The zero-order valence-corrected chi connectivity index (χ0v) is 11.4. The first-order chi connectivity index (χ1) is 8.67. The van der Waals surface area contributed by atoms with Crippen molar-refractivity contribution in [3.8, 4) is 0 Å². The van der Waals surface area contributed by atoms with Crippen molar-refractivity contribution in [2.75, 3.05) is 26.2 Å². The number of hydrogen-bond acceptors (Lipinski definition) is 3. The van der Waals surface area contributed by atoms with E-state index >= 15 is 0 Å². The Morgan fingerprint density at radius 2 is 2.11 bits per heavy atom. The molecule has 0 unspecified atom stereocenters. The van der Waals surface area contributed by atoms with E-state index in [1.165, 1.54) is 0 Å². The summed E-state index contributed by atoms with van der Waals surface area (Å²) in [5.74, 6) is 0.196. The maximum Gasteiger partial charge on any atom is 0.164 e. The fraction of sp³-hybridized carbons (Fsp3) is 0.533. The third kappa shape index (κ3) is 4.98. The lowest BCUT2D eigenvalue weighted by Crippen LogP contribution is -2.27. The zero-order chi connectivity index (χ0) is 13.4. The number of benzene rings is 1. The number of aliphatic hydroxyl groups excluding tert-OH is 1. The zero-order valence-electron chi connectivity index (χ0n) is 11.4. The molecule has 0 spiro atoms. The molecule has 0 heterocycles. The van der Waals surface area contributed by atoms with Gasteiger partial charge in [-0.25, -0.2) is 0 Å². The van der Waals surface area contributed by atoms with Gasteiger partial charge in [-0.3, -0.25) is 4.79 Å². The minimum atomic E-state index is 0.196. The Balaban J connectivity index is 2.44. The lowest BCUT2D eigenvalue weighted by Gasteiger charge is -2.19. The van der Waals surface area contributed by atoms with E-state index < -0.39 is 0 Å². The van der Waals surface area contributed by atoms with Crippen molar-refractivity contribution in [3.05, 3.63) is 35.4 Å². The second kappa shape index (κ2) is 8.01.